The number of azide groups is 1. The lowest BCUT2D eigenvalue weighted by Gasteiger charge is -2.18. The molecule has 2 N–H and O–H groups in total. The van der Waals surface area contributed by atoms with Crippen LogP contribution >= 0.6 is 15.9 Å². The van der Waals surface area contributed by atoms with Gasteiger partial charge in [-0.1, -0.05) is 21.0 Å². The summed E-state index contributed by atoms with van der Waals surface area (Å²) in [5.41, 5.74) is 22.9. The van der Waals surface area contributed by atoms with E-state index in [9.17, 15) is 0 Å². The van der Waals surface area contributed by atoms with Crippen LogP contribution in [0.5, 0.6) is 0 Å². The highest BCUT2D eigenvalue weighted by atomic mass is 79.9. The molecule has 3 atom stereocenters. The van der Waals surface area contributed by atoms with Crippen LogP contribution in [-0.4, -0.2) is 39.9 Å². The summed E-state index contributed by atoms with van der Waals surface area (Å²) in [4.78, 5) is 37.2. The highest BCUT2D eigenvalue weighted by molar-refractivity contribution is 9.09. The van der Waals surface area contributed by atoms with Crippen molar-refractivity contribution in [1.29, 1.82) is 0 Å². The van der Waals surface area contributed by atoms with Gasteiger partial charge in [0.25, 0.3) is 0 Å². The first-order valence-corrected chi connectivity index (χ1v) is 16.7. The Bertz CT molecular complexity index is 1500. The molecular formula is C32H41BrN12. The Kier molecular flexibility index (Phi) is 12.2. The van der Waals surface area contributed by atoms with Crippen LogP contribution in [0.15, 0.2) is 54.7 Å². The zero-order chi connectivity index (χ0) is 31.3. The molecule has 236 valence electrons. The van der Waals surface area contributed by atoms with Gasteiger partial charge in [0.05, 0.1) is 56.4 Å². The van der Waals surface area contributed by atoms with Crippen LogP contribution in [0.4, 0.5) is 0 Å². The Balaban J connectivity index is 0.000000139. The predicted octanol–water partition coefficient (Wildman–Crippen LogP) is 6.83. The molecule has 4 aromatic rings. The van der Waals surface area contributed by atoms with Crippen LogP contribution in [-0.2, 0) is 32.1 Å². The zero-order valence-electron chi connectivity index (χ0n) is 25.4. The number of nitrogens with zero attached hydrogens (tertiary/aromatic N) is 11. The minimum Gasteiger partial charge on any atom is -0.323 e. The van der Waals surface area contributed by atoms with E-state index in [-0.39, 0.29) is 13.5 Å². The summed E-state index contributed by atoms with van der Waals surface area (Å²) in [5.74, 6) is 0. The number of fused-ring (bicyclic) bond motifs is 4. The number of alkyl halides is 1. The van der Waals surface area contributed by atoms with E-state index >= 15 is 0 Å². The quantitative estimate of drug-likeness (QED) is 0.0982. The average Bonchev–Trinajstić information content (AvgIpc) is 3.10. The molecule has 45 heavy (non-hydrogen) atoms. The lowest BCUT2D eigenvalue weighted by atomic mass is 9.96. The molecule has 12 nitrogen and oxygen atoms in total. The molecule has 0 spiro atoms. The maximum Gasteiger partial charge on any atom is 0.0816 e. The molecule has 4 aromatic heterocycles. The minimum atomic E-state index is -0.109. The number of halogens is 1. The first kappa shape index (κ1) is 32.5. The first-order valence-electron chi connectivity index (χ1n) is 15.8. The number of hydrogen-bond donors (Lipinski definition) is 1. The zero-order valence-corrected chi connectivity index (χ0v) is 27.0. The van der Waals surface area contributed by atoms with Gasteiger partial charge in [-0.25, -0.2) is 0 Å². The second kappa shape index (κ2) is 17.0. The van der Waals surface area contributed by atoms with Gasteiger partial charge in [0.15, 0.2) is 0 Å². The lowest BCUT2D eigenvalue weighted by Crippen LogP contribution is -2.19. The van der Waals surface area contributed by atoms with Crippen LogP contribution in [0.3, 0.4) is 0 Å². The van der Waals surface area contributed by atoms with Gasteiger partial charge in [-0.3, -0.25) is 39.9 Å². The van der Waals surface area contributed by atoms with Crippen molar-refractivity contribution in [3.05, 3.63) is 106 Å². The van der Waals surface area contributed by atoms with E-state index in [1.165, 1.54) is 42.8 Å². The number of rotatable bonds is 1. The molecule has 0 bridgehead atoms. The molecule has 3 unspecified atom stereocenters. The fraction of sp³-hybridized carbons (Fsp3) is 0.500. The normalized spacial score (nSPS) is 20.6. The topological polar surface area (TPSA) is 178 Å². The molecule has 0 radical (unpaired) electrons. The summed E-state index contributed by atoms with van der Waals surface area (Å²) in [5, 5.41) is 3.70. The van der Waals surface area contributed by atoms with Crippen LogP contribution in [0.25, 0.3) is 10.4 Å². The molecule has 0 aliphatic heterocycles. The Hall–Kier alpha value is -3.93. The van der Waals surface area contributed by atoms with Crippen molar-refractivity contribution >= 4 is 15.9 Å². The largest absolute Gasteiger partial charge is 0.323 e. The van der Waals surface area contributed by atoms with Crippen molar-refractivity contribution in [2.75, 3.05) is 0 Å². The van der Waals surface area contributed by atoms with Crippen molar-refractivity contribution in [2.45, 2.75) is 100 Å². The molecule has 4 heterocycles. The third-order valence-electron chi connectivity index (χ3n) is 8.20. The fourth-order valence-corrected chi connectivity index (χ4v) is 6.65. The summed E-state index contributed by atoms with van der Waals surface area (Å²) in [6.07, 6.45) is 28.3. The van der Waals surface area contributed by atoms with E-state index in [0.717, 1.165) is 86.3 Å². The number of hydrogen-bond acceptors (Lipinski definition) is 10. The van der Waals surface area contributed by atoms with Crippen LogP contribution in [0, 0.1) is 0 Å². The Morgan fingerprint density at radius 1 is 0.578 bits per heavy atom. The van der Waals surface area contributed by atoms with E-state index in [2.05, 4.69) is 65.8 Å². The molecule has 0 saturated carbocycles. The summed E-state index contributed by atoms with van der Waals surface area (Å²) in [6.45, 7) is 0. The predicted molar refractivity (Wildman–Crippen MR) is 176 cm³/mol. The second-order valence-electron chi connectivity index (χ2n) is 11.3. The molecular weight excluding hydrogens is 632 g/mol. The number of nitrogens with two attached hydrogens (primary N) is 1. The standard InChI is InChI=1S/C8H9BrN2.C8H9N5.C8H11N3.C8H10N2.H2/c9-6-2-1-3-7-8(6)11-5-4-10-7;9-13-12-7-3-1-2-6-8(7)11-5-4-10-6;9-6-2-1-3-7-8(6)11-5-4-10-7;1-2-4-8-7(3-1)9-5-6-10-8;/h4-6H,1-3H2;4-5,7H,1-3H2;4-6H,1-3,9H2;5-6H,1-4H2;1H. The van der Waals surface area contributed by atoms with E-state index in [1.54, 1.807) is 49.6 Å². The SMILES string of the molecule is BrC1CCCc2nccnc21.NC1CCCc2nccnc21.[HH].[N-]=[N+]=NC1CCCc2nccnc21.c1cnc2c(n1)CCCC2. The van der Waals surface area contributed by atoms with Gasteiger partial charge in [0.1, 0.15) is 0 Å². The monoisotopic (exact) mass is 672 g/mol. The van der Waals surface area contributed by atoms with Crippen LogP contribution < -0.4 is 5.73 Å². The molecule has 4 aliphatic carbocycles. The summed E-state index contributed by atoms with van der Waals surface area (Å²) >= 11 is 3.58. The van der Waals surface area contributed by atoms with E-state index < -0.39 is 0 Å². The molecule has 0 aromatic carbocycles. The lowest BCUT2D eigenvalue weighted by molar-refractivity contribution is 0.541. The van der Waals surface area contributed by atoms with Gasteiger partial charge < -0.3 is 5.73 Å². The number of aryl methyl sites for hydroxylation is 5. The van der Waals surface area contributed by atoms with Crippen molar-refractivity contribution in [3.63, 3.8) is 0 Å². The van der Waals surface area contributed by atoms with E-state index in [1.807, 2.05) is 0 Å². The third kappa shape index (κ3) is 9.06. The van der Waals surface area contributed by atoms with E-state index in [4.69, 9.17) is 11.3 Å². The molecule has 0 saturated heterocycles. The minimum absolute atomic E-state index is 0. The third-order valence-corrected chi connectivity index (χ3v) is 9.09. The second-order valence-corrected chi connectivity index (χ2v) is 12.4. The molecule has 0 amide bonds. The van der Waals surface area contributed by atoms with Crippen LogP contribution in [0.2, 0.25) is 0 Å². The average molecular weight is 674 g/mol. The maximum absolute atomic E-state index is 8.35. The molecule has 8 rings (SSSR count). The van der Waals surface area contributed by atoms with Gasteiger partial charge in [0, 0.05) is 62.0 Å². The summed E-state index contributed by atoms with van der Waals surface area (Å²) < 4.78 is 0. The van der Waals surface area contributed by atoms with Gasteiger partial charge in [-0.05, 0) is 89.0 Å². The first-order chi connectivity index (χ1) is 22.1. The Morgan fingerprint density at radius 2 is 1.00 bits per heavy atom. The highest BCUT2D eigenvalue weighted by Crippen LogP contribution is 2.33. The van der Waals surface area contributed by atoms with Crippen LogP contribution in [0.1, 0.15) is 115 Å². The highest BCUT2D eigenvalue weighted by Gasteiger charge is 2.21. The number of aromatic nitrogens is 8. The van der Waals surface area contributed by atoms with E-state index in [0.29, 0.717) is 4.83 Å². The van der Waals surface area contributed by atoms with Crippen molar-refractivity contribution in [2.24, 2.45) is 10.8 Å². The molecule has 13 heteroatoms. The van der Waals surface area contributed by atoms with Gasteiger partial charge in [-0.2, -0.15) is 0 Å². The molecule has 0 fully saturated rings. The smallest absolute Gasteiger partial charge is 0.0816 e. The van der Waals surface area contributed by atoms with Crippen molar-refractivity contribution in [3.8, 4) is 0 Å². The maximum atomic E-state index is 8.35. The summed E-state index contributed by atoms with van der Waals surface area (Å²) in [6, 6.07) is 0.00917. The van der Waals surface area contributed by atoms with Gasteiger partial charge in [0.2, 0.25) is 0 Å². The van der Waals surface area contributed by atoms with Gasteiger partial charge in [-0.15, -0.1) is 0 Å². The van der Waals surface area contributed by atoms with Gasteiger partial charge >= 0.3 is 0 Å². The fourth-order valence-electron chi connectivity index (χ4n) is 5.94. The summed E-state index contributed by atoms with van der Waals surface area (Å²) in [7, 11) is 0. The van der Waals surface area contributed by atoms with Crippen molar-refractivity contribution < 1.29 is 1.43 Å². The molecule has 4 aliphatic rings. The Labute approximate surface area is 273 Å². The van der Waals surface area contributed by atoms with Crippen molar-refractivity contribution in [1.82, 2.24) is 39.9 Å². The Morgan fingerprint density at radius 3 is 1.56 bits per heavy atom.